The first-order chi connectivity index (χ1) is 9.06. The van der Waals surface area contributed by atoms with Crippen LogP contribution in [0.3, 0.4) is 0 Å². The molecule has 0 radical (unpaired) electrons. The third-order valence-corrected chi connectivity index (χ3v) is 3.45. The zero-order valence-electron chi connectivity index (χ0n) is 10.6. The van der Waals surface area contributed by atoms with Crippen LogP contribution in [0.25, 0.3) is 0 Å². The second kappa shape index (κ2) is 6.08. The van der Waals surface area contributed by atoms with Gasteiger partial charge in [0, 0.05) is 16.8 Å². The number of amides is 1. The van der Waals surface area contributed by atoms with Crippen molar-refractivity contribution in [3.8, 4) is 0 Å². The lowest BCUT2D eigenvalue weighted by Crippen LogP contribution is -2.17. The van der Waals surface area contributed by atoms with Crippen molar-refractivity contribution >= 4 is 34.8 Å². The number of anilines is 1. The standard InChI is InChI=1S/C12H13ClN4OS/c1-7-3-8(2)15-12(14-7)17-10(18)4-11-16-9(5-13)6-19-11/h3,6H,4-5H2,1-2H3,(H,14,15,17,18). The van der Waals surface area contributed by atoms with Crippen LogP contribution >= 0.6 is 22.9 Å². The van der Waals surface area contributed by atoms with Crippen molar-refractivity contribution in [1.82, 2.24) is 15.0 Å². The number of nitrogens with one attached hydrogen (secondary N) is 1. The number of carbonyl (C=O) groups excluding carboxylic acids is 1. The van der Waals surface area contributed by atoms with Gasteiger partial charge in [-0.3, -0.25) is 10.1 Å². The molecule has 1 N–H and O–H groups in total. The topological polar surface area (TPSA) is 67.8 Å². The Morgan fingerprint density at radius 3 is 2.58 bits per heavy atom. The van der Waals surface area contributed by atoms with E-state index in [1.807, 2.05) is 25.3 Å². The zero-order valence-corrected chi connectivity index (χ0v) is 12.2. The maximum atomic E-state index is 11.8. The molecule has 0 aromatic carbocycles. The molecule has 0 aliphatic carbocycles. The van der Waals surface area contributed by atoms with Gasteiger partial charge in [-0.15, -0.1) is 22.9 Å². The minimum atomic E-state index is -0.180. The van der Waals surface area contributed by atoms with Gasteiger partial charge in [0.05, 0.1) is 18.0 Å². The van der Waals surface area contributed by atoms with Crippen LogP contribution in [-0.4, -0.2) is 20.9 Å². The van der Waals surface area contributed by atoms with Crippen molar-refractivity contribution < 1.29 is 4.79 Å². The molecule has 100 valence electrons. The van der Waals surface area contributed by atoms with E-state index in [1.165, 1.54) is 11.3 Å². The summed E-state index contributed by atoms with van der Waals surface area (Å²) in [6, 6.07) is 1.85. The molecule has 0 unspecified atom stereocenters. The van der Waals surface area contributed by atoms with E-state index in [2.05, 4.69) is 20.3 Å². The lowest BCUT2D eigenvalue weighted by molar-refractivity contribution is -0.115. The fraction of sp³-hybridized carbons (Fsp3) is 0.333. The summed E-state index contributed by atoms with van der Waals surface area (Å²) >= 11 is 7.09. The minimum Gasteiger partial charge on any atom is -0.294 e. The molecular weight excluding hydrogens is 284 g/mol. The van der Waals surface area contributed by atoms with E-state index >= 15 is 0 Å². The number of alkyl halides is 1. The fourth-order valence-electron chi connectivity index (χ4n) is 1.58. The van der Waals surface area contributed by atoms with Gasteiger partial charge in [0.15, 0.2) is 0 Å². The normalized spacial score (nSPS) is 10.5. The molecule has 2 aromatic heterocycles. The van der Waals surface area contributed by atoms with Crippen LogP contribution in [0.4, 0.5) is 5.95 Å². The average Bonchev–Trinajstić information content (AvgIpc) is 2.74. The first-order valence-electron chi connectivity index (χ1n) is 5.68. The van der Waals surface area contributed by atoms with Crippen LogP contribution in [0.2, 0.25) is 0 Å². The predicted molar refractivity (Wildman–Crippen MR) is 75.5 cm³/mol. The summed E-state index contributed by atoms with van der Waals surface area (Å²) in [5, 5.41) is 5.26. The highest BCUT2D eigenvalue weighted by atomic mass is 35.5. The Morgan fingerprint density at radius 1 is 1.32 bits per heavy atom. The molecule has 0 atom stereocenters. The lowest BCUT2D eigenvalue weighted by atomic mass is 10.3. The zero-order chi connectivity index (χ0) is 13.8. The summed E-state index contributed by atoms with van der Waals surface area (Å²) in [5.74, 6) is 0.510. The number of nitrogens with zero attached hydrogens (tertiary/aromatic N) is 3. The highest BCUT2D eigenvalue weighted by Gasteiger charge is 2.10. The molecule has 2 aromatic rings. The van der Waals surface area contributed by atoms with E-state index in [4.69, 9.17) is 11.6 Å². The summed E-state index contributed by atoms with van der Waals surface area (Å²) in [6.45, 7) is 3.72. The van der Waals surface area contributed by atoms with E-state index in [0.717, 1.165) is 22.1 Å². The van der Waals surface area contributed by atoms with E-state index < -0.39 is 0 Å². The van der Waals surface area contributed by atoms with Crippen LogP contribution < -0.4 is 5.32 Å². The van der Waals surface area contributed by atoms with Crippen LogP contribution in [0.1, 0.15) is 22.1 Å². The number of aryl methyl sites for hydroxylation is 2. The lowest BCUT2D eigenvalue weighted by Gasteiger charge is -2.04. The third kappa shape index (κ3) is 3.97. The number of thiazole rings is 1. The van der Waals surface area contributed by atoms with Gasteiger partial charge in [0.2, 0.25) is 11.9 Å². The Hall–Kier alpha value is -1.53. The molecule has 0 aliphatic rings. The van der Waals surface area contributed by atoms with Crippen LogP contribution in [0, 0.1) is 13.8 Å². The maximum absolute atomic E-state index is 11.8. The van der Waals surface area contributed by atoms with Crippen molar-refractivity contribution in [2.45, 2.75) is 26.1 Å². The van der Waals surface area contributed by atoms with E-state index in [0.29, 0.717) is 11.8 Å². The summed E-state index contributed by atoms with van der Waals surface area (Å²) in [7, 11) is 0. The molecule has 0 aliphatic heterocycles. The average molecular weight is 297 g/mol. The molecule has 19 heavy (non-hydrogen) atoms. The highest BCUT2D eigenvalue weighted by Crippen LogP contribution is 2.13. The van der Waals surface area contributed by atoms with Crippen LogP contribution in [0.5, 0.6) is 0 Å². The van der Waals surface area contributed by atoms with Gasteiger partial charge in [-0.1, -0.05) is 0 Å². The van der Waals surface area contributed by atoms with Crippen LogP contribution in [-0.2, 0) is 17.1 Å². The van der Waals surface area contributed by atoms with Gasteiger partial charge in [0.25, 0.3) is 0 Å². The molecule has 0 fully saturated rings. The summed E-state index contributed by atoms with van der Waals surface area (Å²) in [6.07, 6.45) is 0.206. The van der Waals surface area contributed by atoms with Gasteiger partial charge in [0.1, 0.15) is 5.01 Å². The van der Waals surface area contributed by atoms with Crippen molar-refractivity contribution in [3.63, 3.8) is 0 Å². The number of aromatic nitrogens is 3. The third-order valence-electron chi connectivity index (χ3n) is 2.28. The molecule has 0 saturated heterocycles. The quantitative estimate of drug-likeness (QED) is 0.880. The Morgan fingerprint density at radius 2 is 2.00 bits per heavy atom. The molecule has 0 spiro atoms. The van der Waals surface area contributed by atoms with Crippen molar-refractivity contribution in [2.75, 3.05) is 5.32 Å². The van der Waals surface area contributed by atoms with Gasteiger partial charge in [-0.2, -0.15) is 0 Å². The second-order valence-corrected chi connectivity index (χ2v) is 5.28. The van der Waals surface area contributed by atoms with Crippen molar-refractivity contribution in [1.29, 1.82) is 0 Å². The SMILES string of the molecule is Cc1cc(C)nc(NC(=O)Cc2nc(CCl)cs2)n1. The van der Waals surface area contributed by atoms with E-state index in [-0.39, 0.29) is 12.3 Å². The van der Waals surface area contributed by atoms with Crippen LogP contribution in [0.15, 0.2) is 11.4 Å². The molecule has 1 amide bonds. The predicted octanol–water partition coefficient (Wildman–Crippen LogP) is 2.47. The molecule has 0 saturated carbocycles. The number of rotatable bonds is 4. The Balaban J connectivity index is 2.00. The van der Waals surface area contributed by atoms with E-state index in [1.54, 1.807) is 0 Å². The highest BCUT2D eigenvalue weighted by molar-refractivity contribution is 7.09. The van der Waals surface area contributed by atoms with Gasteiger partial charge >= 0.3 is 0 Å². The summed E-state index contributed by atoms with van der Waals surface area (Å²) in [5.41, 5.74) is 2.43. The molecular formula is C12H13ClN4OS. The molecule has 5 nitrogen and oxygen atoms in total. The first-order valence-corrected chi connectivity index (χ1v) is 7.09. The second-order valence-electron chi connectivity index (χ2n) is 4.07. The number of halogens is 1. The molecule has 2 heterocycles. The molecule has 0 bridgehead atoms. The molecule has 7 heteroatoms. The summed E-state index contributed by atoms with van der Waals surface area (Å²) in [4.78, 5) is 24.4. The van der Waals surface area contributed by atoms with Gasteiger partial charge in [-0.25, -0.2) is 15.0 Å². The Kier molecular flexibility index (Phi) is 4.44. The Bertz CT molecular complexity index is 579. The van der Waals surface area contributed by atoms with Gasteiger partial charge in [-0.05, 0) is 19.9 Å². The van der Waals surface area contributed by atoms with Crippen molar-refractivity contribution in [3.05, 3.63) is 33.5 Å². The maximum Gasteiger partial charge on any atom is 0.233 e. The number of hydrogen-bond acceptors (Lipinski definition) is 5. The largest absolute Gasteiger partial charge is 0.294 e. The summed E-state index contributed by atoms with van der Waals surface area (Å²) < 4.78 is 0. The number of carbonyl (C=O) groups is 1. The smallest absolute Gasteiger partial charge is 0.233 e. The minimum absolute atomic E-state index is 0.180. The first kappa shape index (κ1) is 13.9. The van der Waals surface area contributed by atoms with Gasteiger partial charge < -0.3 is 0 Å². The monoisotopic (exact) mass is 296 g/mol. The fourth-order valence-corrected chi connectivity index (χ4v) is 2.60. The Labute approximate surface area is 120 Å². The van der Waals surface area contributed by atoms with Crippen molar-refractivity contribution in [2.24, 2.45) is 0 Å². The molecule has 2 rings (SSSR count). The number of hydrogen-bond donors (Lipinski definition) is 1. The van der Waals surface area contributed by atoms with E-state index in [9.17, 15) is 4.79 Å².